The van der Waals surface area contributed by atoms with Crippen molar-refractivity contribution < 1.29 is 4.79 Å². The molecule has 0 spiro atoms. The molecule has 1 N–H and O–H groups in total. The predicted molar refractivity (Wildman–Crippen MR) is 93.6 cm³/mol. The predicted octanol–water partition coefficient (Wildman–Crippen LogP) is 1.17. The molecular formula is C17H21N7O. The molecule has 0 saturated carbocycles. The summed E-state index contributed by atoms with van der Waals surface area (Å²) in [5.74, 6) is 1.00. The molecule has 0 bridgehead atoms. The minimum Gasteiger partial charge on any atom is -0.356 e. The molecule has 0 atom stereocenters. The Morgan fingerprint density at radius 3 is 2.80 bits per heavy atom. The summed E-state index contributed by atoms with van der Waals surface area (Å²) < 4.78 is 3.51. The number of amides is 1. The van der Waals surface area contributed by atoms with E-state index in [4.69, 9.17) is 0 Å². The molecule has 1 amide bonds. The van der Waals surface area contributed by atoms with Gasteiger partial charge in [0.1, 0.15) is 5.82 Å². The highest BCUT2D eigenvalue weighted by molar-refractivity contribution is 5.93. The number of rotatable bonds is 3. The largest absolute Gasteiger partial charge is 0.356 e. The zero-order valence-electron chi connectivity index (χ0n) is 14.4. The molecule has 0 unspecified atom stereocenters. The second kappa shape index (κ2) is 6.19. The fourth-order valence-electron chi connectivity index (χ4n) is 3.30. The van der Waals surface area contributed by atoms with Gasteiger partial charge >= 0.3 is 0 Å². The van der Waals surface area contributed by atoms with E-state index >= 15 is 0 Å². The topological polar surface area (TPSA) is 80.4 Å². The standard InChI is InChI=1S/C17H21N7O/c1-12-9-16(24-15(20-12)3-6-18-24)23-7-4-14(5-8-23)21-17(25)13-10-19-22(2)11-13/h3,6,9-11,14H,4-5,7-8H2,1-2H3,(H,21,25). The number of carbonyl (C=O) groups excluding carboxylic acids is 1. The second-order valence-corrected chi connectivity index (χ2v) is 6.49. The minimum absolute atomic E-state index is 0.0548. The summed E-state index contributed by atoms with van der Waals surface area (Å²) in [4.78, 5) is 19.1. The summed E-state index contributed by atoms with van der Waals surface area (Å²) >= 11 is 0. The van der Waals surface area contributed by atoms with Gasteiger partial charge in [0.2, 0.25) is 0 Å². The zero-order valence-corrected chi connectivity index (χ0v) is 14.4. The first-order valence-corrected chi connectivity index (χ1v) is 8.46. The van der Waals surface area contributed by atoms with Gasteiger partial charge in [0.05, 0.1) is 18.0 Å². The van der Waals surface area contributed by atoms with E-state index in [0.717, 1.165) is 43.1 Å². The third-order valence-electron chi connectivity index (χ3n) is 4.59. The molecule has 1 aliphatic heterocycles. The molecule has 8 heteroatoms. The maximum Gasteiger partial charge on any atom is 0.254 e. The van der Waals surface area contributed by atoms with Gasteiger partial charge < -0.3 is 10.2 Å². The molecular weight excluding hydrogens is 318 g/mol. The quantitative estimate of drug-likeness (QED) is 0.775. The fourth-order valence-corrected chi connectivity index (χ4v) is 3.30. The Balaban J connectivity index is 1.42. The summed E-state index contributed by atoms with van der Waals surface area (Å²) in [6, 6.07) is 4.16. The van der Waals surface area contributed by atoms with E-state index in [1.165, 1.54) is 0 Å². The molecule has 0 radical (unpaired) electrons. The lowest BCUT2D eigenvalue weighted by atomic mass is 10.0. The van der Waals surface area contributed by atoms with Crippen molar-refractivity contribution in [3.8, 4) is 0 Å². The van der Waals surface area contributed by atoms with Crippen LogP contribution < -0.4 is 10.2 Å². The van der Waals surface area contributed by atoms with E-state index in [9.17, 15) is 4.79 Å². The van der Waals surface area contributed by atoms with Crippen molar-refractivity contribution in [1.29, 1.82) is 0 Å². The lowest BCUT2D eigenvalue weighted by molar-refractivity contribution is 0.0931. The van der Waals surface area contributed by atoms with Crippen LogP contribution in [0.15, 0.2) is 30.7 Å². The van der Waals surface area contributed by atoms with Crippen LogP contribution in [-0.2, 0) is 7.05 Å². The summed E-state index contributed by atoms with van der Waals surface area (Å²) in [5.41, 5.74) is 2.45. The Morgan fingerprint density at radius 1 is 1.28 bits per heavy atom. The smallest absolute Gasteiger partial charge is 0.254 e. The van der Waals surface area contributed by atoms with Crippen LogP contribution >= 0.6 is 0 Å². The highest BCUT2D eigenvalue weighted by atomic mass is 16.1. The molecule has 4 rings (SSSR count). The Bertz CT molecular complexity index is 905. The van der Waals surface area contributed by atoms with Gasteiger partial charge in [0, 0.05) is 50.2 Å². The Kier molecular flexibility index (Phi) is 3.87. The van der Waals surface area contributed by atoms with E-state index in [0.29, 0.717) is 5.56 Å². The van der Waals surface area contributed by atoms with Crippen molar-refractivity contribution in [3.63, 3.8) is 0 Å². The Hall–Kier alpha value is -2.90. The van der Waals surface area contributed by atoms with Crippen molar-refractivity contribution in [2.45, 2.75) is 25.8 Å². The van der Waals surface area contributed by atoms with Gasteiger partial charge in [-0.1, -0.05) is 0 Å². The SMILES string of the molecule is Cc1cc(N2CCC(NC(=O)c3cnn(C)c3)CC2)n2nccc2n1. The first-order chi connectivity index (χ1) is 12.1. The van der Waals surface area contributed by atoms with Gasteiger partial charge in [-0.05, 0) is 19.8 Å². The second-order valence-electron chi connectivity index (χ2n) is 6.49. The number of anilines is 1. The summed E-state index contributed by atoms with van der Waals surface area (Å²) in [6.45, 7) is 3.74. The van der Waals surface area contributed by atoms with Crippen molar-refractivity contribution >= 4 is 17.4 Å². The fraction of sp³-hybridized carbons (Fsp3) is 0.412. The van der Waals surface area contributed by atoms with Crippen molar-refractivity contribution in [2.24, 2.45) is 7.05 Å². The average Bonchev–Trinajstić information content (AvgIpc) is 3.23. The van der Waals surface area contributed by atoms with Crippen LogP contribution in [0.25, 0.3) is 5.65 Å². The Morgan fingerprint density at radius 2 is 2.08 bits per heavy atom. The third-order valence-corrected chi connectivity index (χ3v) is 4.59. The molecule has 1 aliphatic rings. The van der Waals surface area contributed by atoms with Gasteiger partial charge in [-0.2, -0.15) is 14.7 Å². The van der Waals surface area contributed by atoms with Crippen LogP contribution in [0.1, 0.15) is 28.9 Å². The number of aryl methyl sites for hydroxylation is 2. The number of fused-ring (bicyclic) bond motifs is 1. The molecule has 130 valence electrons. The van der Waals surface area contributed by atoms with Crippen molar-refractivity contribution in [3.05, 3.63) is 42.0 Å². The van der Waals surface area contributed by atoms with Crippen LogP contribution in [0.5, 0.6) is 0 Å². The minimum atomic E-state index is -0.0548. The van der Waals surface area contributed by atoms with Crippen molar-refractivity contribution in [1.82, 2.24) is 29.7 Å². The number of nitrogens with one attached hydrogen (secondary N) is 1. The van der Waals surface area contributed by atoms with Gasteiger partial charge in [-0.25, -0.2) is 4.98 Å². The molecule has 4 heterocycles. The molecule has 0 aromatic carbocycles. The molecule has 25 heavy (non-hydrogen) atoms. The van der Waals surface area contributed by atoms with Crippen LogP contribution in [-0.4, -0.2) is 49.4 Å². The maximum atomic E-state index is 12.3. The van der Waals surface area contributed by atoms with Gasteiger partial charge in [-0.3, -0.25) is 9.48 Å². The van der Waals surface area contributed by atoms with Crippen LogP contribution in [0, 0.1) is 6.92 Å². The Labute approximate surface area is 145 Å². The first-order valence-electron chi connectivity index (χ1n) is 8.46. The van der Waals surface area contributed by atoms with Crippen LogP contribution in [0.2, 0.25) is 0 Å². The number of hydrogen-bond acceptors (Lipinski definition) is 5. The monoisotopic (exact) mass is 339 g/mol. The summed E-state index contributed by atoms with van der Waals surface area (Å²) in [5, 5.41) is 11.5. The van der Waals surface area contributed by atoms with E-state index < -0.39 is 0 Å². The van der Waals surface area contributed by atoms with Gasteiger partial charge in [0.25, 0.3) is 5.91 Å². The summed E-state index contributed by atoms with van der Waals surface area (Å²) in [7, 11) is 1.81. The highest BCUT2D eigenvalue weighted by Crippen LogP contribution is 2.21. The van der Waals surface area contributed by atoms with E-state index in [-0.39, 0.29) is 11.9 Å². The lowest BCUT2D eigenvalue weighted by Gasteiger charge is -2.33. The average molecular weight is 339 g/mol. The van der Waals surface area contributed by atoms with E-state index in [1.54, 1.807) is 23.3 Å². The highest BCUT2D eigenvalue weighted by Gasteiger charge is 2.23. The molecule has 0 aliphatic carbocycles. The maximum absolute atomic E-state index is 12.3. The number of piperidine rings is 1. The summed E-state index contributed by atoms with van der Waals surface area (Å²) in [6.07, 6.45) is 6.90. The number of aromatic nitrogens is 5. The lowest BCUT2D eigenvalue weighted by Crippen LogP contribution is -2.45. The molecule has 1 fully saturated rings. The number of nitrogens with zero attached hydrogens (tertiary/aromatic N) is 6. The van der Waals surface area contributed by atoms with Gasteiger partial charge in [-0.15, -0.1) is 0 Å². The van der Waals surface area contributed by atoms with Crippen LogP contribution in [0.3, 0.4) is 0 Å². The third kappa shape index (κ3) is 3.07. The number of carbonyl (C=O) groups is 1. The van der Waals surface area contributed by atoms with E-state index in [1.807, 2.05) is 24.6 Å². The zero-order chi connectivity index (χ0) is 17.4. The first kappa shape index (κ1) is 15.6. The van der Waals surface area contributed by atoms with Gasteiger partial charge in [0.15, 0.2) is 5.65 Å². The van der Waals surface area contributed by atoms with E-state index in [2.05, 4.69) is 31.5 Å². The molecule has 1 saturated heterocycles. The number of hydrogen-bond donors (Lipinski definition) is 1. The molecule has 3 aromatic heterocycles. The molecule has 8 nitrogen and oxygen atoms in total. The molecule has 3 aromatic rings. The normalized spacial score (nSPS) is 15.7. The van der Waals surface area contributed by atoms with Crippen molar-refractivity contribution in [2.75, 3.05) is 18.0 Å². The van der Waals surface area contributed by atoms with Crippen LogP contribution in [0.4, 0.5) is 5.82 Å².